The fourth-order valence-electron chi connectivity index (χ4n) is 3.82. The Kier molecular flexibility index (Phi) is 5.95. The molecule has 0 fully saturated rings. The first-order valence-electron chi connectivity index (χ1n) is 11.1. The van der Waals surface area contributed by atoms with Crippen molar-refractivity contribution in [2.45, 2.75) is 13.3 Å². The summed E-state index contributed by atoms with van der Waals surface area (Å²) in [6, 6.07) is 31.5. The molecule has 5 aromatic rings. The summed E-state index contributed by atoms with van der Waals surface area (Å²) in [5.41, 5.74) is 7.08. The normalized spacial score (nSPS) is 12.0. The van der Waals surface area contributed by atoms with Crippen molar-refractivity contribution in [3.05, 3.63) is 114 Å². The van der Waals surface area contributed by atoms with Crippen LogP contribution in [0.2, 0.25) is 0 Å². The molecule has 0 spiro atoms. The number of aromatic amines is 1. The Morgan fingerprint density at radius 3 is 2.41 bits per heavy atom. The molecule has 2 N–H and O–H groups in total. The van der Waals surface area contributed by atoms with E-state index in [0.29, 0.717) is 17.2 Å². The maximum Gasteiger partial charge on any atom is 0.244 e. The average Bonchev–Trinajstić information content (AvgIpc) is 3.29. The van der Waals surface area contributed by atoms with Gasteiger partial charge in [0.15, 0.2) is 0 Å². The van der Waals surface area contributed by atoms with E-state index in [9.17, 15) is 4.79 Å². The number of nitrogens with zero attached hydrogens (tertiary/aromatic N) is 3. The minimum absolute atomic E-state index is 0.208. The summed E-state index contributed by atoms with van der Waals surface area (Å²) >= 11 is 0. The third-order valence-corrected chi connectivity index (χ3v) is 5.58. The van der Waals surface area contributed by atoms with Crippen LogP contribution in [0.5, 0.6) is 0 Å². The number of carbonyl (C=O) groups excluding carboxylic acids is 1. The van der Waals surface area contributed by atoms with Crippen molar-refractivity contribution in [2.24, 2.45) is 15.3 Å². The number of benzene rings is 4. The van der Waals surface area contributed by atoms with Gasteiger partial charge in [-0.25, -0.2) is 5.43 Å². The van der Waals surface area contributed by atoms with Crippen LogP contribution in [-0.4, -0.2) is 16.7 Å². The number of fused-ring (bicyclic) bond motifs is 2. The molecule has 0 aliphatic carbocycles. The smallest absolute Gasteiger partial charge is 0.244 e. The van der Waals surface area contributed by atoms with Gasteiger partial charge in [-0.1, -0.05) is 78.4 Å². The van der Waals surface area contributed by atoms with Gasteiger partial charge in [0.1, 0.15) is 0 Å². The minimum atomic E-state index is -0.226. The summed E-state index contributed by atoms with van der Waals surface area (Å²) in [6.07, 6.45) is 0.208. The van der Waals surface area contributed by atoms with Crippen LogP contribution >= 0.6 is 0 Å². The van der Waals surface area contributed by atoms with Gasteiger partial charge in [0.2, 0.25) is 11.7 Å². The van der Waals surface area contributed by atoms with Gasteiger partial charge in [-0.05, 0) is 47.5 Å². The molecule has 0 aliphatic rings. The Hall–Kier alpha value is -4.58. The first-order chi connectivity index (χ1) is 16.7. The van der Waals surface area contributed by atoms with Gasteiger partial charge < -0.3 is 4.98 Å². The summed E-state index contributed by atoms with van der Waals surface area (Å²) in [5, 5.41) is 16.2. The van der Waals surface area contributed by atoms with Gasteiger partial charge in [0.05, 0.1) is 17.8 Å². The number of nitrogens with one attached hydrogen (secondary N) is 2. The number of aryl methyl sites for hydroxylation is 1. The van der Waals surface area contributed by atoms with Crippen molar-refractivity contribution in [1.29, 1.82) is 0 Å². The molecule has 4 aromatic carbocycles. The number of hydrazone groups is 1. The lowest BCUT2D eigenvalue weighted by atomic mass is 10.0. The van der Waals surface area contributed by atoms with Crippen molar-refractivity contribution >= 4 is 39.1 Å². The highest BCUT2D eigenvalue weighted by Crippen LogP contribution is 2.20. The number of amidine groups is 1. The maximum atomic E-state index is 12.8. The third kappa shape index (κ3) is 4.76. The Morgan fingerprint density at radius 1 is 0.853 bits per heavy atom. The zero-order chi connectivity index (χ0) is 23.3. The average molecular weight is 446 g/mol. The van der Waals surface area contributed by atoms with E-state index >= 15 is 0 Å². The lowest BCUT2D eigenvalue weighted by Gasteiger charge is -2.06. The zero-order valence-electron chi connectivity index (χ0n) is 18.7. The number of azo groups is 1. The number of para-hydroxylation sites is 1. The van der Waals surface area contributed by atoms with Gasteiger partial charge in [-0.3, -0.25) is 4.79 Å². The number of carbonyl (C=O) groups is 1. The fourth-order valence-corrected chi connectivity index (χ4v) is 3.82. The second kappa shape index (κ2) is 9.50. The molecule has 0 radical (unpaired) electrons. The van der Waals surface area contributed by atoms with Crippen molar-refractivity contribution in [3.63, 3.8) is 0 Å². The van der Waals surface area contributed by atoms with Crippen molar-refractivity contribution < 1.29 is 4.79 Å². The number of H-pyrrole nitrogens is 1. The first-order valence-corrected chi connectivity index (χ1v) is 11.1. The molecule has 0 saturated heterocycles. The third-order valence-electron chi connectivity index (χ3n) is 5.58. The maximum absolute atomic E-state index is 12.8. The van der Waals surface area contributed by atoms with E-state index in [1.165, 1.54) is 0 Å². The van der Waals surface area contributed by atoms with E-state index in [0.717, 1.165) is 32.8 Å². The summed E-state index contributed by atoms with van der Waals surface area (Å²) in [4.78, 5) is 16.1. The molecular formula is C28H23N5O. The molecule has 5 rings (SSSR count). The Balaban J connectivity index is 1.42. The van der Waals surface area contributed by atoms with Gasteiger partial charge >= 0.3 is 0 Å². The van der Waals surface area contributed by atoms with Crippen LogP contribution in [0.25, 0.3) is 21.7 Å². The standard InChI is InChI=1S/C28H23N5O/c1-19-13-15-23(16-14-19)30-32-28(26-17-22-8-3-5-12-25(22)29-26)33-31-27(34)18-21-10-6-9-20-7-2-4-11-24(20)21/h2-17,29H,18H2,1H3,(H,31,34)/b32-30?,33-28-. The number of rotatable bonds is 5. The second-order valence-corrected chi connectivity index (χ2v) is 8.09. The lowest BCUT2D eigenvalue weighted by Crippen LogP contribution is -2.21. The number of hydrogen-bond acceptors (Lipinski definition) is 3. The molecular weight excluding hydrogens is 422 g/mol. The summed E-state index contributed by atoms with van der Waals surface area (Å²) < 4.78 is 0. The highest BCUT2D eigenvalue weighted by molar-refractivity contribution is 6.02. The van der Waals surface area contributed by atoms with Crippen LogP contribution in [0.15, 0.2) is 112 Å². The molecule has 0 saturated carbocycles. The molecule has 0 bridgehead atoms. The molecule has 166 valence electrons. The quantitative estimate of drug-likeness (QED) is 0.139. The monoisotopic (exact) mass is 445 g/mol. The van der Waals surface area contributed by atoms with Crippen LogP contribution in [0.4, 0.5) is 5.69 Å². The van der Waals surface area contributed by atoms with Crippen LogP contribution in [0.3, 0.4) is 0 Å². The molecule has 6 heteroatoms. The first kappa shape index (κ1) is 21.3. The van der Waals surface area contributed by atoms with Gasteiger partial charge in [0, 0.05) is 10.9 Å². The van der Waals surface area contributed by atoms with E-state index in [1.807, 2.05) is 104 Å². The fraction of sp³-hybridized carbons (Fsp3) is 0.0714. The molecule has 1 heterocycles. The number of amides is 1. The molecule has 1 aromatic heterocycles. The predicted molar refractivity (Wildman–Crippen MR) is 136 cm³/mol. The largest absolute Gasteiger partial charge is 0.352 e. The summed E-state index contributed by atoms with van der Waals surface area (Å²) in [5.74, 6) is 0.0681. The van der Waals surface area contributed by atoms with Gasteiger partial charge in [-0.2, -0.15) is 0 Å². The van der Waals surface area contributed by atoms with Crippen molar-refractivity contribution in [1.82, 2.24) is 10.4 Å². The zero-order valence-corrected chi connectivity index (χ0v) is 18.7. The summed E-state index contributed by atoms with van der Waals surface area (Å²) in [6.45, 7) is 2.02. The molecule has 0 aliphatic heterocycles. The van der Waals surface area contributed by atoms with Crippen molar-refractivity contribution in [3.8, 4) is 0 Å². The van der Waals surface area contributed by atoms with Crippen molar-refractivity contribution in [2.75, 3.05) is 0 Å². The van der Waals surface area contributed by atoms with E-state index in [2.05, 4.69) is 25.7 Å². The number of aromatic nitrogens is 1. The van der Waals surface area contributed by atoms with Crippen LogP contribution in [-0.2, 0) is 11.2 Å². The topological polar surface area (TPSA) is 82.0 Å². The van der Waals surface area contributed by atoms with Gasteiger partial charge in [-0.15, -0.1) is 15.3 Å². The van der Waals surface area contributed by atoms with Crippen LogP contribution < -0.4 is 5.43 Å². The minimum Gasteiger partial charge on any atom is -0.352 e. The van der Waals surface area contributed by atoms with E-state index in [4.69, 9.17) is 0 Å². The summed E-state index contributed by atoms with van der Waals surface area (Å²) in [7, 11) is 0. The van der Waals surface area contributed by atoms with Gasteiger partial charge in [0.25, 0.3) is 0 Å². The van der Waals surface area contributed by atoms with E-state index < -0.39 is 0 Å². The Bertz CT molecular complexity index is 1490. The Morgan fingerprint density at radius 2 is 1.59 bits per heavy atom. The van der Waals surface area contributed by atoms with E-state index in [-0.39, 0.29) is 12.3 Å². The molecule has 1 amide bonds. The molecule has 6 nitrogen and oxygen atoms in total. The number of hydrogen-bond donors (Lipinski definition) is 2. The Labute approximate surface area is 197 Å². The highest BCUT2D eigenvalue weighted by atomic mass is 16.2. The second-order valence-electron chi connectivity index (χ2n) is 8.09. The van der Waals surface area contributed by atoms with Crippen LogP contribution in [0.1, 0.15) is 16.8 Å². The van der Waals surface area contributed by atoms with E-state index in [1.54, 1.807) is 0 Å². The lowest BCUT2D eigenvalue weighted by molar-refractivity contribution is -0.120. The highest BCUT2D eigenvalue weighted by Gasteiger charge is 2.10. The molecule has 34 heavy (non-hydrogen) atoms. The molecule has 0 atom stereocenters. The van der Waals surface area contributed by atoms with Crippen LogP contribution in [0, 0.1) is 6.92 Å². The molecule has 0 unspecified atom stereocenters. The SMILES string of the molecule is Cc1ccc(N=N/C(=N\NC(=O)Cc2cccc3ccccc23)c2cc3ccccc3[nH]2)cc1. The predicted octanol–water partition coefficient (Wildman–Crippen LogP) is 6.43.